The van der Waals surface area contributed by atoms with Gasteiger partial charge in [0.05, 0.1) is 23.5 Å². The molecule has 0 fully saturated rings. The maximum absolute atomic E-state index is 12.0. The van der Waals surface area contributed by atoms with Crippen LogP contribution in [0.4, 0.5) is 4.79 Å². The minimum absolute atomic E-state index is 0.0909. The summed E-state index contributed by atoms with van der Waals surface area (Å²) in [5.41, 5.74) is 0. The molecule has 128 valence electrons. The van der Waals surface area contributed by atoms with E-state index in [4.69, 9.17) is 16.3 Å². The number of hydrogen-bond donors (Lipinski definition) is 2. The highest BCUT2D eigenvalue weighted by molar-refractivity contribution is 7.16. The summed E-state index contributed by atoms with van der Waals surface area (Å²) in [5.74, 6) is -0.378. The molecule has 0 aliphatic carbocycles. The minimum atomic E-state index is -0.530. The van der Waals surface area contributed by atoms with Gasteiger partial charge in [-0.1, -0.05) is 17.7 Å². The maximum Gasteiger partial charge on any atom is 0.321 e. The number of carbonyl (C=O) groups is 2. The molecule has 3 amide bonds. The molecule has 1 aromatic rings. The van der Waals surface area contributed by atoms with Gasteiger partial charge in [-0.3, -0.25) is 15.0 Å². The molecule has 2 N–H and O–H groups in total. The summed E-state index contributed by atoms with van der Waals surface area (Å²) in [4.78, 5) is 26.6. The molecular formula is C15H22ClN3O3S. The third-order valence-electron chi connectivity index (χ3n) is 2.81. The van der Waals surface area contributed by atoms with Gasteiger partial charge in [0.2, 0.25) is 5.91 Å². The second-order valence-electron chi connectivity index (χ2n) is 5.04. The number of carbonyl (C=O) groups excluding carboxylic acids is 2. The first-order chi connectivity index (χ1) is 10.9. The average molecular weight is 360 g/mol. The van der Waals surface area contributed by atoms with Gasteiger partial charge in [0.1, 0.15) is 0 Å². The van der Waals surface area contributed by atoms with Crippen molar-refractivity contribution < 1.29 is 14.3 Å². The zero-order valence-electron chi connectivity index (χ0n) is 13.3. The Bertz CT molecular complexity index is 536. The van der Waals surface area contributed by atoms with E-state index in [2.05, 4.69) is 17.2 Å². The monoisotopic (exact) mass is 359 g/mol. The zero-order chi connectivity index (χ0) is 17.2. The Kier molecular flexibility index (Phi) is 8.86. The number of ether oxygens (including phenoxy) is 1. The van der Waals surface area contributed by atoms with Crippen LogP contribution in [0.15, 0.2) is 24.8 Å². The van der Waals surface area contributed by atoms with Crippen LogP contribution in [0.25, 0.3) is 0 Å². The number of hydrogen-bond acceptors (Lipinski definition) is 5. The average Bonchev–Trinajstić information content (AvgIpc) is 2.84. The number of methoxy groups -OCH3 is 1. The minimum Gasteiger partial charge on any atom is -0.383 e. The number of thiophene rings is 1. The third-order valence-corrected chi connectivity index (χ3v) is 4.03. The summed E-state index contributed by atoms with van der Waals surface area (Å²) < 4.78 is 5.62. The largest absolute Gasteiger partial charge is 0.383 e. The van der Waals surface area contributed by atoms with Crippen molar-refractivity contribution in [1.29, 1.82) is 0 Å². The molecule has 0 bridgehead atoms. The van der Waals surface area contributed by atoms with Crippen LogP contribution in [0.5, 0.6) is 0 Å². The number of imide groups is 1. The standard InChI is InChI=1S/C15H22ClN3O3S/c1-4-7-19(8-12-5-6-13(16)23-12)9-14(20)18-15(21)17-11(2)10-22-3/h4-6,11H,1,7-10H2,2-3H3,(H2,17,18,20,21). The molecule has 1 atom stereocenters. The van der Waals surface area contributed by atoms with E-state index < -0.39 is 6.03 Å². The zero-order valence-corrected chi connectivity index (χ0v) is 14.9. The third kappa shape index (κ3) is 8.13. The van der Waals surface area contributed by atoms with E-state index in [1.165, 1.54) is 11.3 Å². The van der Waals surface area contributed by atoms with E-state index in [1.54, 1.807) is 20.1 Å². The van der Waals surface area contributed by atoms with Gasteiger partial charge in [0.15, 0.2) is 0 Å². The van der Waals surface area contributed by atoms with E-state index in [9.17, 15) is 9.59 Å². The van der Waals surface area contributed by atoms with Crippen molar-refractivity contribution in [3.8, 4) is 0 Å². The van der Waals surface area contributed by atoms with Crippen molar-refractivity contribution in [3.05, 3.63) is 34.0 Å². The van der Waals surface area contributed by atoms with E-state index in [-0.39, 0.29) is 18.5 Å². The van der Waals surface area contributed by atoms with Crippen LogP contribution in [0.3, 0.4) is 0 Å². The lowest BCUT2D eigenvalue weighted by Gasteiger charge is -2.19. The SMILES string of the molecule is C=CCN(CC(=O)NC(=O)NC(C)COC)Cc1ccc(Cl)s1. The second-order valence-corrected chi connectivity index (χ2v) is 6.84. The predicted octanol–water partition coefficient (Wildman–Crippen LogP) is 2.25. The van der Waals surface area contributed by atoms with E-state index >= 15 is 0 Å². The van der Waals surface area contributed by atoms with E-state index in [0.29, 0.717) is 24.0 Å². The Hall–Kier alpha value is -1.41. The van der Waals surface area contributed by atoms with Crippen molar-refractivity contribution in [2.75, 3.05) is 26.8 Å². The summed E-state index contributed by atoms with van der Waals surface area (Å²) in [5, 5.41) is 4.93. The highest BCUT2D eigenvalue weighted by atomic mass is 35.5. The lowest BCUT2D eigenvalue weighted by Crippen LogP contribution is -2.47. The van der Waals surface area contributed by atoms with Crippen LogP contribution in [0.1, 0.15) is 11.8 Å². The number of nitrogens with one attached hydrogen (secondary N) is 2. The summed E-state index contributed by atoms with van der Waals surface area (Å²) in [6.45, 7) is 7.05. The van der Waals surface area contributed by atoms with Crippen molar-refractivity contribution in [1.82, 2.24) is 15.5 Å². The quantitative estimate of drug-likeness (QED) is 0.663. The fraction of sp³-hybridized carbons (Fsp3) is 0.467. The van der Waals surface area contributed by atoms with Crippen molar-refractivity contribution in [2.24, 2.45) is 0 Å². The van der Waals surface area contributed by atoms with Crippen LogP contribution < -0.4 is 10.6 Å². The fourth-order valence-electron chi connectivity index (χ4n) is 1.95. The van der Waals surface area contributed by atoms with Gasteiger partial charge in [0.25, 0.3) is 0 Å². The Morgan fingerprint density at radius 2 is 2.26 bits per heavy atom. The van der Waals surface area contributed by atoms with Crippen LogP contribution in [0.2, 0.25) is 4.34 Å². The Morgan fingerprint density at radius 1 is 1.52 bits per heavy atom. The normalized spacial score (nSPS) is 12.0. The summed E-state index contributed by atoms with van der Waals surface area (Å²) in [7, 11) is 1.55. The molecule has 1 heterocycles. The molecule has 0 saturated carbocycles. The Labute approximate surface area is 145 Å². The molecule has 6 nitrogen and oxygen atoms in total. The smallest absolute Gasteiger partial charge is 0.321 e. The first kappa shape index (κ1) is 19.6. The van der Waals surface area contributed by atoms with E-state index in [0.717, 1.165) is 4.88 Å². The number of rotatable bonds is 9. The first-order valence-electron chi connectivity index (χ1n) is 7.11. The molecule has 1 unspecified atom stereocenters. The highest BCUT2D eigenvalue weighted by Crippen LogP contribution is 2.22. The van der Waals surface area contributed by atoms with Crippen molar-refractivity contribution in [3.63, 3.8) is 0 Å². The van der Waals surface area contributed by atoms with Crippen molar-refractivity contribution >= 4 is 34.9 Å². The van der Waals surface area contributed by atoms with Gasteiger partial charge in [-0.25, -0.2) is 4.79 Å². The van der Waals surface area contributed by atoms with Gasteiger partial charge in [-0.05, 0) is 19.1 Å². The first-order valence-corrected chi connectivity index (χ1v) is 8.30. The summed E-state index contributed by atoms with van der Waals surface area (Å²) in [6, 6.07) is 3.03. The molecule has 1 rings (SSSR count). The topological polar surface area (TPSA) is 70.7 Å². The van der Waals surface area contributed by atoms with Gasteiger partial charge < -0.3 is 10.1 Å². The maximum atomic E-state index is 12.0. The van der Waals surface area contributed by atoms with Crippen LogP contribution in [0, 0.1) is 0 Å². The molecule has 0 saturated heterocycles. The van der Waals surface area contributed by atoms with Gasteiger partial charge in [0, 0.05) is 25.1 Å². The molecule has 0 aliphatic heterocycles. The lowest BCUT2D eigenvalue weighted by atomic mass is 10.3. The van der Waals surface area contributed by atoms with Gasteiger partial charge >= 0.3 is 6.03 Å². The fourth-order valence-corrected chi connectivity index (χ4v) is 3.08. The molecule has 1 aromatic heterocycles. The molecular weight excluding hydrogens is 338 g/mol. The van der Waals surface area contributed by atoms with Crippen molar-refractivity contribution in [2.45, 2.75) is 19.5 Å². The van der Waals surface area contributed by atoms with Crippen LogP contribution in [-0.2, 0) is 16.1 Å². The van der Waals surface area contributed by atoms with Gasteiger partial charge in [-0.2, -0.15) is 0 Å². The highest BCUT2D eigenvalue weighted by Gasteiger charge is 2.15. The van der Waals surface area contributed by atoms with Crippen LogP contribution >= 0.6 is 22.9 Å². The molecule has 0 aromatic carbocycles. The molecule has 8 heteroatoms. The molecule has 0 spiro atoms. The molecule has 0 radical (unpaired) electrons. The summed E-state index contributed by atoms with van der Waals surface area (Å²) in [6.07, 6.45) is 1.71. The summed E-state index contributed by atoms with van der Waals surface area (Å²) >= 11 is 7.37. The molecule has 23 heavy (non-hydrogen) atoms. The van der Waals surface area contributed by atoms with Gasteiger partial charge in [-0.15, -0.1) is 17.9 Å². The number of urea groups is 1. The Balaban J connectivity index is 2.47. The number of amides is 3. The second kappa shape index (κ2) is 10.4. The van der Waals surface area contributed by atoms with Crippen LogP contribution in [-0.4, -0.2) is 49.7 Å². The lowest BCUT2D eigenvalue weighted by molar-refractivity contribution is -0.121. The molecule has 0 aliphatic rings. The number of nitrogens with zero attached hydrogens (tertiary/aromatic N) is 1. The predicted molar refractivity (Wildman–Crippen MR) is 92.8 cm³/mol. The Morgan fingerprint density at radius 3 is 2.83 bits per heavy atom. The van der Waals surface area contributed by atoms with E-state index in [1.807, 2.05) is 17.0 Å². The number of halogens is 1.